The Hall–Kier alpha value is -4.31. The van der Waals surface area contributed by atoms with E-state index in [1.165, 1.54) is 5.56 Å². The van der Waals surface area contributed by atoms with Gasteiger partial charge in [0.05, 0.1) is 23.5 Å². The fourth-order valence-corrected chi connectivity index (χ4v) is 5.87. The zero-order chi connectivity index (χ0) is 29.0. The molecular weight excluding hydrogens is 538 g/mol. The maximum absolute atomic E-state index is 13.0. The van der Waals surface area contributed by atoms with E-state index in [9.17, 15) is 13.2 Å². The number of ether oxygens (including phenoxy) is 1. The first-order valence-corrected chi connectivity index (χ1v) is 15.3. The smallest absolute Gasteiger partial charge is 0.251 e. The van der Waals surface area contributed by atoms with Crippen LogP contribution in [0.25, 0.3) is 11.3 Å². The third-order valence-electron chi connectivity index (χ3n) is 7.40. The second kappa shape index (κ2) is 12.1. The standard InChI is InChI=1S/C31H33N5O4S/c1-4-22-19-36(31-33-17-25(18-34-31)28-7-6-8-29(35-28)40-3)20-24-15-23(11-14-27(22)24)30(37)32-16-21-9-12-26(13-10-21)41(38,39)5-2/h6-15,17-18,22H,4-5,16,19-20H2,1-3H3,(H,32,37)/t22-/m0/s1. The predicted octanol–water partition coefficient (Wildman–Crippen LogP) is 4.78. The van der Waals surface area contributed by atoms with Crippen molar-refractivity contribution in [3.63, 3.8) is 0 Å². The van der Waals surface area contributed by atoms with Gasteiger partial charge in [-0.05, 0) is 53.4 Å². The minimum Gasteiger partial charge on any atom is -0.481 e. The second-order valence-corrected chi connectivity index (χ2v) is 12.2. The van der Waals surface area contributed by atoms with Crippen molar-refractivity contribution in [3.05, 3.63) is 95.3 Å². The maximum atomic E-state index is 13.0. The highest BCUT2D eigenvalue weighted by Gasteiger charge is 2.26. The molecule has 5 rings (SSSR count). The van der Waals surface area contributed by atoms with Gasteiger partial charge in [-0.1, -0.05) is 38.1 Å². The molecule has 2 aromatic heterocycles. The fourth-order valence-electron chi connectivity index (χ4n) is 4.99. The fraction of sp³-hybridized carbons (Fsp3) is 0.290. The van der Waals surface area contributed by atoms with Gasteiger partial charge in [0.15, 0.2) is 9.84 Å². The monoisotopic (exact) mass is 571 g/mol. The van der Waals surface area contributed by atoms with E-state index in [0.29, 0.717) is 30.5 Å². The van der Waals surface area contributed by atoms with Crippen molar-refractivity contribution in [3.8, 4) is 17.1 Å². The first kappa shape index (κ1) is 28.2. The predicted molar refractivity (Wildman–Crippen MR) is 158 cm³/mol. The average Bonchev–Trinajstić information content (AvgIpc) is 3.03. The topological polar surface area (TPSA) is 114 Å². The Morgan fingerprint density at radius 2 is 1.80 bits per heavy atom. The highest BCUT2D eigenvalue weighted by molar-refractivity contribution is 7.91. The third-order valence-corrected chi connectivity index (χ3v) is 9.16. The lowest BCUT2D eigenvalue weighted by Crippen LogP contribution is -2.35. The number of benzene rings is 2. The Kier molecular flexibility index (Phi) is 8.30. The molecule has 41 heavy (non-hydrogen) atoms. The van der Waals surface area contributed by atoms with Gasteiger partial charge in [-0.3, -0.25) is 4.79 Å². The number of anilines is 1. The Bertz CT molecular complexity index is 1640. The Morgan fingerprint density at radius 1 is 1.05 bits per heavy atom. The Morgan fingerprint density at radius 3 is 2.49 bits per heavy atom. The van der Waals surface area contributed by atoms with Crippen molar-refractivity contribution >= 4 is 21.7 Å². The minimum atomic E-state index is -3.25. The summed E-state index contributed by atoms with van der Waals surface area (Å²) in [7, 11) is -1.67. The number of aromatic nitrogens is 3. The first-order valence-electron chi connectivity index (χ1n) is 13.6. The molecular formula is C31H33N5O4S. The van der Waals surface area contributed by atoms with Crippen LogP contribution in [0, 0.1) is 0 Å². The molecule has 1 atom stereocenters. The molecule has 9 nitrogen and oxygen atoms in total. The number of rotatable bonds is 9. The summed E-state index contributed by atoms with van der Waals surface area (Å²) < 4.78 is 29.3. The summed E-state index contributed by atoms with van der Waals surface area (Å²) in [5.74, 6) is 1.32. The van der Waals surface area contributed by atoms with Crippen molar-refractivity contribution < 1.29 is 17.9 Å². The average molecular weight is 572 g/mol. The number of sulfone groups is 1. The minimum absolute atomic E-state index is 0.0516. The van der Waals surface area contributed by atoms with Crippen molar-refractivity contribution in [2.45, 2.75) is 44.2 Å². The summed E-state index contributed by atoms with van der Waals surface area (Å²) in [4.78, 5) is 29.2. The number of hydrogen-bond donors (Lipinski definition) is 1. The molecule has 0 unspecified atom stereocenters. The number of nitrogens with zero attached hydrogens (tertiary/aromatic N) is 4. The summed E-state index contributed by atoms with van der Waals surface area (Å²) in [6, 6.07) is 18.1. The molecule has 1 N–H and O–H groups in total. The summed E-state index contributed by atoms with van der Waals surface area (Å²) in [5, 5.41) is 2.95. The molecule has 0 aliphatic carbocycles. The van der Waals surface area contributed by atoms with Crippen LogP contribution in [0.3, 0.4) is 0 Å². The molecule has 4 aromatic rings. The van der Waals surface area contributed by atoms with E-state index in [1.54, 1.807) is 56.8 Å². The Labute approximate surface area is 240 Å². The van der Waals surface area contributed by atoms with Crippen LogP contribution in [0.15, 0.2) is 78.0 Å². The molecule has 2 aromatic carbocycles. The molecule has 10 heteroatoms. The van der Waals surface area contributed by atoms with Crippen LogP contribution in [0.2, 0.25) is 0 Å². The molecule has 1 amide bonds. The Balaban J connectivity index is 1.29. The lowest BCUT2D eigenvalue weighted by atomic mass is 9.87. The van der Waals surface area contributed by atoms with Gasteiger partial charge in [-0.25, -0.2) is 23.4 Å². The van der Waals surface area contributed by atoms with E-state index in [1.807, 2.05) is 24.3 Å². The van der Waals surface area contributed by atoms with Crippen LogP contribution in [0.4, 0.5) is 5.95 Å². The first-order chi connectivity index (χ1) is 19.8. The normalized spacial score (nSPS) is 14.8. The van der Waals surface area contributed by atoms with Gasteiger partial charge in [0, 0.05) is 55.1 Å². The maximum Gasteiger partial charge on any atom is 0.251 e. The summed E-state index contributed by atoms with van der Waals surface area (Å²) in [6.45, 7) is 5.46. The van der Waals surface area contributed by atoms with E-state index < -0.39 is 9.84 Å². The highest BCUT2D eigenvalue weighted by Crippen LogP contribution is 2.33. The van der Waals surface area contributed by atoms with Crippen LogP contribution in [-0.2, 0) is 22.9 Å². The summed E-state index contributed by atoms with van der Waals surface area (Å²) in [5.41, 5.74) is 5.26. The number of pyridine rings is 1. The zero-order valence-corrected chi connectivity index (χ0v) is 24.2. The quantitative estimate of drug-likeness (QED) is 0.305. The van der Waals surface area contributed by atoms with Gasteiger partial charge in [0.25, 0.3) is 5.91 Å². The molecule has 3 heterocycles. The van der Waals surface area contributed by atoms with Gasteiger partial charge in [-0.15, -0.1) is 0 Å². The molecule has 0 fully saturated rings. The number of amides is 1. The molecule has 0 bridgehead atoms. The van der Waals surface area contributed by atoms with Gasteiger partial charge in [0.1, 0.15) is 0 Å². The van der Waals surface area contributed by atoms with Crippen LogP contribution in [-0.4, -0.2) is 48.7 Å². The molecule has 0 saturated carbocycles. The van der Waals surface area contributed by atoms with Gasteiger partial charge in [-0.2, -0.15) is 0 Å². The van der Waals surface area contributed by atoms with Crippen LogP contribution < -0.4 is 15.0 Å². The summed E-state index contributed by atoms with van der Waals surface area (Å²) in [6.07, 6.45) is 4.49. The van der Waals surface area contributed by atoms with E-state index in [4.69, 9.17) is 4.74 Å². The lowest BCUT2D eigenvalue weighted by molar-refractivity contribution is 0.0950. The largest absolute Gasteiger partial charge is 0.481 e. The number of carbonyl (C=O) groups is 1. The van der Waals surface area contributed by atoms with Crippen molar-refractivity contribution in [2.24, 2.45) is 0 Å². The van der Waals surface area contributed by atoms with E-state index in [-0.39, 0.29) is 22.5 Å². The molecule has 0 saturated heterocycles. The molecule has 212 valence electrons. The SMILES string of the molecule is CC[C@H]1CN(c2ncc(-c3cccc(OC)n3)cn2)Cc2cc(C(=O)NCc3ccc(S(=O)(=O)CC)cc3)ccc21. The highest BCUT2D eigenvalue weighted by atomic mass is 32.2. The molecule has 1 aliphatic rings. The molecule has 0 radical (unpaired) electrons. The van der Waals surface area contributed by atoms with Gasteiger partial charge in [0.2, 0.25) is 11.8 Å². The van der Waals surface area contributed by atoms with Crippen molar-refractivity contribution in [2.75, 3.05) is 24.3 Å². The van der Waals surface area contributed by atoms with Crippen LogP contribution >= 0.6 is 0 Å². The number of carbonyl (C=O) groups excluding carboxylic acids is 1. The van der Waals surface area contributed by atoms with Crippen molar-refractivity contribution in [1.82, 2.24) is 20.3 Å². The van der Waals surface area contributed by atoms with Gasteiger partial charge < -0.3 is 15.0 Å². The number of fused-ring (bicyclic) bond motifs is 1. The second-order valence-electron chi connectivity index (χ2n) is 9.97. The molecule has 1 aliphatic heterocycles. The van der Waals surface area contributed by atoms with E-state index in [0.717, 1.165) is 35.3 Å². The number of hydrogen-bond acceptors (Lipinski definition) is 8. The van der Waals surface area contributed by atoms with Crippen LogP contribution in [0.1, 0.15) is 53.2 Å². The molecule has 0 spiro atoms. The van der Waals surface area contributed by atoms with Crippen molar-refractivity contribution in [1.29, 1.82) is 0 Å². The lowest BCUT2D eigenvalue weighted by Gasteiger charge is -2.34. The third kappa shape index (κ3) is 6.22. The van der Waals surface area contributed by atoms with E-state index >= 15 is 0 Å². The van der Waals surface area contributed by atoms with Crippen LogP contribution in [0.5, 0.6) is 5.88 Å². The van der Waals surface area contributed by atoms with E-state index in [2.05, 4.69) is 38.2 Å². The number of methoxy groups -OCH3 is 1. The zero-order valence-electron chi connectivity index (χ0n) is 23.4. The summed E-state index contributed by atoms with van der Waals surface area (Å²) >= 11 is 0. The number of nitrogens with one attached hydrogen (secondary N) is 1. The van der Waals surface area contributed by atoms with Gasteiger partial charge >= 0.3 is 0 Å².